The van der Waals surface area contributed by atoms with Crippen LogP contribution in [-0.4, -0.2) is 37.0 Å². The molecule has 3 amide bonds. The fourth-order valence-electron chi connectivity index (χ4n) is 3.58. The summed E-state index contributed by atoms with van der Waals surface area (Å²) in [6.45, 7) is 5.51. The van der Waals surface area contributed by atoms with Gasteiger partial charge in [0.15, 0.2) is 0 Å². The van der Waals surface area contributed by atoms with Crippen LogP contribution in [0.25, 0.3) is 0 Å². The summed E-state index contributed by atoms with van der Waals surface area (Å²) in [5.41, 5.74) is 2.36. The number of rotatable bonds is 5. The molecule has 0 aliphatic carbocycles. The first-order valence-electron chi connectivity index (χ1n) is 9.93. The molecule has 6 nitrogen and oxygen atoms in total. The van der Waals surface area contributed by atoms with Gasteiger partial charge in [-0.15, -0.1) is 0 Å². The van der Waals surface area contributed by atoms with Crippen LogP contribution in [0.2, 0.25) is 0 Å². The molecule has 3 rings (SSSR count). The number of nitrogens with zero attached hydrogens (tertiary/aromatic N) is 1. The molecule has 0 saturated carbocycles. The maximum atomic E-state index is 12.9. The van der Waals surface area contributed by atoms with E-state index >= 15 is 0 Å². The van der Waals surface area contributed by atoms with Crippen LogP contribution in [0.5, 0.6) is 5.75 Å². The molecule has 29 heavy (non-hydrogen) atoms. The lowest BCUT2D eigenvalue weighted by Crippen LogP contribution is -2.52. The summed E-state index contributed by atoms with van der Waals surface area (Å²) in [6, 6.07) is 15.1. The number of methoxy groups -OCH3 is 1. The lowest BCUT2D eigenvalue weighted by atomic mass is 9.81. The van der Waals surface area contributed by atoms with E-state index in [1.807, 2.05) is 38.1 Å². The third kappa shape index (κ3) is 5.28. The Hall–Kier alpha value is -3.02. The Bertz CT molecular complexity index is 849. The van der Waals surface area contributed by atoms with Crippen molar-refractivity contribution in [1.82, 2.24) is 10.2 Å². The molecule has 0 unspecified atom stereocenters. The summed E-state index contributed by atoms with van der Waals surface area (Å²) in [4.78, 5) is 27.3. The molecule has 1 saturated heterocycles. The Morgan fingerprint density at radius 3 is 2.45 bits per heavy atom. The van der Waals surface area contributed by atoms with E-state index in [1.54, 1.807) is 36.3 Å². The van der Waals surface area contributed by atoms with Crippen molar-refractivity contribution < 1.29 is 14.3 Å². The van der Waals surface area contributed by atoms with Gasteiger partial charge >= 0.3 is 6.03 Å². The van der Waals surface area contributed by atoms with Crippen molar-refractivity contribution in [2.24, 2.45) is 5.41 Å². The number of amides is 3. The van der Waals surface area contributed by atoms with E-state index in [1.165, 1.54) is 5.56 Å². The van der Waals surface area contributed by atoms with E-state index in [0.717, 1.165) is 24.2 Å². The highest BCUT2D eigenvalue weighted by atomic mass is 16.5. The first-order valence-corrected chi connectivity index (χ1v) is 9.93. The van der Waals surface area contributed by atoms with Gasteiger partial charge in [-0.25, -0.2) is 4.79 Å². The molecule has 2 aromatic carbocycles. The Kier molecular flexibility index (Phi) is 6.42. The quantitative estimate of drug-likeness (QED) is 0.805. The number of likely N-dealkylation sites (tertiary alicyclic amines) is 1. The average molecular weight is 396 g/mol. The van der Waals surface area contributed by atoms with Crippen LogP contribution in [0.1, 0.15) is 30.9 Å². The normalized spacial score (nSPS) is 18.8. The van der Waals surface area contributed by atoms with Crippen LogP contribution >= 0.6 is 0 Å². The first-order chi connectivity index (χ1) is 13.9. The van der Waals surface area contributed by atoms with Crippen molar-refractivity contribution >= 4 is 17.6 Å². The molecule has 154 valence electrons. The van der Waals surface area contributed by atoms with Crippen LogP contribution in [0, 0.1) is 12.3 Å². The summed E-state index contributed by atoms with van der Waals surface area (Å²) in [6.07, 6.45) is 1.56. The second-order valence-electron chi connectivity index (χ2n) is 7.91. The number of aryl methyl sites for hydroxylation is 1. The predicted molar refractivity (Wildman–Crippen MR) is 114 cm³/mol. The van der Waals surface area contributed by atoms with Crippen molar-refractivity contribution in [1.29, 1.82) is 0 Å². The minimum Gasteiger partial charge on any atom is -0.497 e. The number of hydrogen-bond donors (Lipinski definition) is 2. The molecule has 1 heterocycles. The SMILES string of the molecule is COc1ccc(NC(=O)N2CCC[C@@](C)(C(=O)NCc3ccc(C)cc3)C2)cc1. The molecular formula is C23H29N3O3. The topological polar surface area (TPSA) is 70.7 Å². The van der Waals surface area contributed by atoms with E-state index < -0.39 is 5.41 Å². The van der Waals surface area contributed by atoms with Gasteiger partial charge in [-0.1, -0.05) is 29.8 Å². The zero-order valence-corrected chi connectivity index (χ0v) is 17.3. The van der Waals surface area contributed by atoms with Crippen molar-refractivity contribution in [3.63, 3.8) is 0 Å². The molecule has 0 spiro atoms. The molecular weight excluding hydrogens is 366 g/mol. The second-order valence-corrected chi connectivity index (χ2v) is 7.91. The number of ether oxygens (including phenoxy) is 1. The van der Waals surface area contributed by atoms with Crippen molar-refractivity contribution in [3.05, 3.63) is 59.7 Å². The zero-order valence-electron chi connectivity index (χ0n) is 17.3. The molecule has 1 atom stereocenters. The number of piperidine rings is 1. The van der Waals surface area contributed by atoms with Gasteiger partial charge in [-0.2, -0.15) is 0 Å². The van der Waals surface area contributed by atoms with E-state index in [2.05, 4.69) is 10.6 Å². The van der Waals surface area contributed by atoms with Gasteiger partial charge in [0.2, 0.25) is 5.91 Å². The molecule has 2 aromatic rings. The van der Waals surface area contributed by atoms with Crippen LogP contribution in [0.4, 0.5) is 10.5 Å². The lowest BCUT2D eigenvalue weighted by Gasteiger charge is -2.39. The lowest BCUT2D eigenvalue weighted by molar-refractivity contribution is -0.132. The third-order valence-corrected chi connectivity index (χ3v) is 5.45. The van der Waals surface area contributed by atoms with Gasteiger partial charge in [-0.3, -0.25) is 4.79 Å². The highest BCUT2D eigenvalue weighted by Gasteiger charge is 2.39. The maximum Gasteiger partial charge on any atom is 0.321 e. The number of carbonyl (C=O) groups is 2. The van der Waals surface area contributed by atoms with Gasteiger partial charge in [0.1, 0.15) is 5.75 Å². The van der Waals surface area contributed by atoms with Gasteiger partial charge in [0, 0.05) is 25.3 Å². The highest BCUT2D eigenvalue weighted by molar-refractivity contribution is 5.90. The Morgan fingerprint density at radius 2 is 1.79 bits per heavy atom. The van der Waals surface area contributed by atoms with Crippen LogP contribution in [0.15, 0.2) is 48.5 Å². The second kappa shape index (κ2) is 8.99. The number of nitrogens with one attached hydrogen (secondary N) is 2. The Balaban J connectivity index is 1.57. The summed E-state index contributed by atoms with van der Waals surface area (Å²) >= 11 is 0. The van der Waals surface area contributed by atoms with E-state index in [9.17, 15) is 9.59 Å². The molecule has 0 aromatic heterocycles. The summed E-state index contributed by atoms with van der Waals surface area (Å²) in [5, 5.41) is 5.94. The number of urea groups is 1. The summed E-state index contributed by atoms with van der Waals surface area (Å²) in [7, 11) is 1.60. The molecule has 1 fully saturated rings. The van der Waals surface area contributed by atoms with Gasteiger partial charge in [0.25, 0.3) is 0 Å². The molecule has 1 aliphatic rings. The van der Waals surface area contributed by atoms with Crippen molar-refractivity contribution in [2.45, 2.75) is 33.2 Å². The van der Waals surface area contributed by atoms with Gasteiger partial charge in [0.05, 0.1) is 12.5 Å². The number of hydrogen-bond acceptors (Lipinski definition) is 3. The van der Waals surface area contributed by atoms with Crippen LogP contribution in [0.3, 0.4) is 0 Å². The highest BCUT2D eigenvalue weighted by Crippen LogP contribution is 2.30. The molecule has 2 N–H and O–H groups in total. The maximum absolute atomic E-state index is 12.9. The minimum atomic E-state index is -0.597. The van der Waals surface area contributed by atoms with E-state index in [-0.39, 0.29) is 11.9 Å². The Labute approximate surface area is 172 Å². The summed E-state index contributed by atoms with van der Waals surface area (Å²) < 4.78 is 5.14. The summed E-state index contributed by atoms with van der Waals surface area (Å²) in [5.74, 6) is 0.721. The smallest absolute Gasteiger partial charge is 0.321 e. The number of anilines is 1. The minimum absolute atomic E-state index is 0.0139. The predicted octanol–water partition coefficient (Wildman–Crippen LogP) is 3.95. The molecule has 0 radical (unpaired) electrons. The van der Waals surface area contributed by atoms with Crippen molar-refractivity contribution in [2.75, 3.05) is 25.5 Å². The number of benzene rings is 2. The van der Waals surface area contributed by atoms with Crippen LogP contribution < -0.4 is 15.4 Å². The third-order valence-electron chi connectivity index (χ3n) is 5.45. The molecule has 0 bridgehead atoms. The standard InChI is InChI=1S/C23H29N3O3/c1-17-5-7-18(8-6-17)15-24-21(27)23(2)13-4-14-26(16-23)22(28)25-19-9-11-20(29-3)12-10-19/h5-12H,4,13-16H2,1-3H3,(H,24,27)(H,25,28)/t23-/m1/s1. The fourth-order valence-corrected chi connectivity index (χ4v) is 3.58. The first kappa shape index (κ1) is 20.7. The van der Waals surface area contributed by atoms with Crippen molar-refractivity contribution in [3.8, 4) is 5.75 Å². The average Bonchev–Trinajstić information content (AvgIpc) is 2.73. The van der Waals surface area contributed by atoms with E-state index in [4.69, 9.17) is 4.74 Å². The van der Waals surface area contributed by atoms with Gasteiger partial charge < -0.3 is 20.3 Å². The number of carbonyl (C=O) groups excluding carboxylic acids is 2. The van der Waals surface area contributed by atoms with Gasteiger partial charge in [-0.05, 0) is 56.5 Å². The largest absolute Gasteiger partial charge is 0.497 e. The Morgan fingerprint density at radius 1 is 1.10 bits per heavy atom. The van der Waals surface area contributed by atoms with Crippen LogP contribution in [-0.2, 0) is 11.3 Å². The monoisotopic (exact) mass is 395 g/mol. The van der Waals surface area contributed by atoms with E-state index in [0.29, 0.717) is 25.3 Å². The zero-order chi connectivity index (χ0) is 20.9. The fraction of sp³-hybridized carbons (Fsp3) is 0.391. The molecule has 6 heteroatoms. The molecule has 1 aliphatic heterocycles.